The Hall–Kier alpha value is 0.470. The van der Waals surface area contributed by atoms with Gasteiger partial charge in [0.05, 0.1) is 0 Å². The predicted molar refractivity (Wildman–Crippen MR) is 63.8 cm³/mol. The molecule has 0 aromatic rings. The SMILES string of the molecule is CCCC(CCCC1CCCCC1)C(=O)[O-].[Na+]. The summed E-state index contributed by atoms with van der Waals surface area (Å²) in [4.78, 5) is 10.9. The molecule has 2 nitrogen and oxygen atoms in total. The standard InChI is InChI=1S/C14H26O2.Na/c1-2-7-13(14(15)16)11-6-10-12-8-4-3-5-9-12;/h12-13H,2-11H2,1H3,(H,15,16);/q;+1/p-1. The van der Waals surface area contributed by atoms with Crippen LogP contribution in [0.5, 0.6) is 0 Å². The molecule has 17 heavy (non-hydrogen) atoms. The Kier molecular flexibility index (Phi) is 10.7. The van der Waals surface area contributed by atoms with Crippen molar-refractivity contribution in [3.05, 3.63) is 0 Å². The molecule has 94 valence electrons. The molecule has 1 unspecified atom stereocenters. The van der Waals surface area contributed by atoms with Crippen LogP contribution in [0.25, 0.3) is 0 Å². The Balaban J connectivity index is 0.00000256. The van der Waals surface area contributed by atoms with E-state index in [0.29, 0.717) is 0 Å². The smallest absolute Gasteiger partial charge is 0.550 e. The second-order valence-electron chi connectivity index (χ2n) is 5.24. The number of rotatable bonds is 7. The Morgan fingerprint density at radius 3 is 2.41 bits per heavy atom. The van der Waals surface area contributed by atoms with E-state index in [4.69, 9.17) is 0 Å². The van der Waals surface area contributed by atoms with Crippen LogP contribution in [-0.2, 0) is 4.79 Å². The van der Waals surface area contributed by atoms with Crippen LogP contribution < -0.4 is 34.7 Å². The minimum Gasteiger partial charge on any atom is -0.550 e. The number of carboxylic acid groups (broad SMARTS) is 1. The third kappa shape index (κ3) is 7.48. The predicted octanol–water partition coefficient (Wildman–Crippen LogP) is -0.0928. The van der Waals surface area contributed by atoms with E-state index < -0.39 is 5.97 Å². The fourth-order valence-electron chi connectivity index (χ4n) is 2.86. The van der Waals surface area contributed by atoms with Crippen LogP contribution in [0.1, 0.15) is 71.1 Å². The molecule has 0 N–H and O–H groups in total. The van der Waals surface area contributed by atoms with Crippen LogP contribution in [0, 0.1) is 11.8 Å². The van der Waals surface area contributed by atoms with Crippen molar-refractivity contribution in [2.45, 2.75) is 71.1 Å². The van der Waals surface area contributed by atoms with Gasteiger partial charge in [-0.3, -0.25) is 0 Å². The van der Waals surface area contributed by atoms with Gasteiger partial charge in [-0.25, -0.2) is 0 Å². The van der Waals surface area contributed by atoms with E-state index in [0.717, 1.165) is 31.6 Å². The number of hydrogen-bond donors (Lipinski definition) is 0. The summed E-state index contributed by atoms with van der Waals surface area (Å²) in [5.74, 6) is -0.170. The summed E-state index contributed by atoms with van der Waals surface area (Å²) in [7, 11) is 0. The fourth-order valence-corrected chi connectivity index (χ4v) is 2.86. The normalized spacial score (nSPS) is 18.4. The Morgan fingerprint density at radius 2 is 1.88 bits per heavy atom. The third-order valence-electron chi connectivity index (χ3n) is 3.86. The zero-order chi connectivity index (χ0) is 11.8. The summed E-state index contributed by atoms with van der Waals surface area (Å²) in [5.41, 5.74) is 0. The first-order chi connectivity index (χ1) is 7.74. The first-order valence-electron chi connectivity index (χ1n) is 6.95. The summed E-state index contributed by atoms with van der Waals surface area (Å²) < 4.78 is 0. The monoisotopic (exact) mass is 248 g/mol. The first-order valence-corrected chi connectivity index (χ1v) is 6.95. The molecule has 1 aliphatic carbocycles. The van der Waals surface area contributed by atoms with Gasteiger partial charge in [-0.2, -0.15) is 0 Å². The third-order valence-corrected chi connectivity index (χ3v) is 3.86. The van der Waals surface area contributed by atoms with Gasteiger partial charge in [-0.05, 0) is 24.7 Å². The molecule has 0 radical (unpaired) electrons. The maximum atomic E-state index is 10.9. The van der Waals surface area contributed by atoms with Gasteiger partial charge in [0.1, 0.15) is 0 Å². The molecule has 1 saturated carbocycles. The van der Waals surface area contributed by atoms with E-state index in [1.807, 2.05) is 6.92 Å². The van der Waals surface area contributed by atoms with E-state index in [-0.39, 0.29) is 35.5 Å². The molecule has 0 heterocycles. The molecule has 1 rings (SSSR count). The zero-order valence-electron chi connectivity index (χ0n) is 11.5. The number of aliphatic carboxylic acids is 1. The quantitative estimate of drug-likeness (QED) is 0.591. The second kappa shape index (κ2) is 10.4. The van der Waals surface area contributed by atoms with Crippen LogP contribution >= 0.6 is 0 Å². The van der Waals surface area contributed by atoms with Crippen LogP contribution in [0.4, 0.5) is 0 Å². The van der Waals surface area contributed by atoms with Crippen molar-refractivity contribution in [3.8, 4) is 0 Å². The Morgan fingerprint density at radius 1 is 1.24 bits per heavy atom. The van der Waals surface area contributed by atoms with Gasteiger partial charge in [0.15, 0.2) is 0 Å². The summed E-state index contributed by atoms with van der Waals surface area (Å²) in [6, 6.07) is 0. The van der Waals surface area contributed by atoms with Gasteiger partial charge in [-0.1, -0.05) is 58.3 Å². The Labute approximate surface area is 128 Å². The molecule has 0 saturated heterocycles. The topological polar surface area (TPSA) is 40.1 Å². The van der Waals surface area contributed by atoms with Crippen molar-refractivity contribution in [1.29, 1.82) is 0 Å². The minimum absolute atomic E-state index is 0. The summed E-state index contributed by atoms with van der Waals surface area (Å²) in [5, 5.41) is 10.9. The van der Waals surface area contributed by atoms with E-state index in [1.54, 1.807) is 0 Å². The molecule has 1 fully saturated rings. The van der Waals surface area contributed by atoms with Crippen LogP contribution in [0.3, 0.4) is 0 Å². The molecule has 0 aromatic carbocycles. The first kappa shape index (κ1) is 17.5. The molecular weight excluding hydrogens is 223 g/mol. The maximum Gasteiger partial charge on any atom is 1.00 e. The average Bonchev–Trinajstić information content (AvgIpc) is 2.29. The van der Waals surface area contributed by atoms with Gasteiger partial charge >= 0.3 is 29.6 Å². The minimum atomic E-state index is -0.842. The fraction of sp³-hybridized carbons (Fsp3) is 0.929. The van der Waals surface area contributed by atoms with Crippen LogP contribution in [-0.4, -0.2) is 5.97 Å². The van der Waals surface area contributed by atoms with Gasteiger partial charge in [0, 0.05) is 5.97 Å². The van der Waals surface area contributed by atoms with Crippen LogP contribution in [0.15, 0.2) is 0 Å². The molecule has 0 aliphatic heterocycles. The largest absolute Gasteiger partial charge is 1.00 e. The van der Waals surface area contributed by atoms with Crippen molar-refractivity contribution in [2.75, 3.05) is 0 Å². The molecule has 0 aromatic heterocycles. The average molecular weight is 248 g/mol. The summed E-state index contributed by atoms with van der Waals surface area (Å²) >= 11 is 0. The van der Waals surface area contributed by atoms with Crippen molar-refractivity contribution in [1.82, 2.24) is 0 Å². The summed E-state index contributed by atoms with van der Waals surface area (Å²) in [6.07, 6.45) is 11.7. The number of hydrogen-bond acceptors (Lipinski definition) is 2. The molecule has 3 heteroatoms. The van der Waals surface area contributed by atoms with Crippen molar-refractivity contribution in [2.24, 2.45) is 11.8 Å². The molecule has 0 amide bonds. The van der Waals surface area contributed by atoms with Crippen molar-refractivity contribution >= 4 is 5.97 Å². The van der Waals surface area contributed by atoms with Gasteiger partial charge < -0.3 is 9.90 Å². The van der Waals surface area contributed by atoms with Gasteiger partial charge in [-0.15, -0.1) is 0 Å². The van der Waals surface area contributed by atoms with E-state index in [9.17, 15) is 9.90 Å². The van der Waals surface area contributed by atoms with Crippen molar-refractivity contribution < 1.29 is 39.5 Å². The van der Waals surface area contributed by atoms with Crippen molar-refractivity contribution in [3.63, 3.8) is 0 Å². The van der Waals surface area contributed by atoms with E-state index in [2.05, 4.69) is 0 Å². The molecule has 0 spiro atoms. The maximum absolute atomic E-state index is 10.9. The number of carbonyl (C=O) groups is 1. The molecule has 1 aliphatic rings. The van der Waals surface area contributed by atoms with E-state index in [1.165, 1.54) is 38.5 Å². The number of carboxylic acids is 1. The molecule has 0 bridgehead atoms. The summed E-state index contributed by atoms with van der Waals surface area (Å²) in [6.45, 7) is 2.04. The van der Waals surface area contributed by atoms with Gasteiger partial charge in [0.2, 0.25) is 0 Å². The van der Waals surface area contributed by atoms with E-state index >= 15 is 0 Å². The molecular formula is C14H25NaO2. The Bertz CT molecular complexity index is 200. The zero-order valence-corrected chi connectivity index (χ0v) is 13.5. The van der Waals surface area contributed by atoms with Crippen LogP contribution in [0.2, 0.25) is 0 Å². The number of carbonyl (C=O) groups excluding carboxylic acids is 1. The second-order valence-corrected chi connectivity index (χ2v) is 5.24. The molecule has 1 atom stereocenters. The van der Waals surface area contributed by atoms with Gasteiger partial charge in [0.25, 0.3) is 0 Å².